The molecule has 3 aromatic rings. The summed E-state index contributed by atoms with van der Waals surface area (Å²) < 4.78 is 37.9. The van der Waals surface area contributed by atoms with E-state index in [1.807, 2.05) is 18.2 Å². The summed E-state index contributed by atoms with van der Waals surface area (Å²) in [6, 6.07) is 13.2. The smallest absolute Gasteiger partial charge is 0.319 e. The molecule has 2 aromatic carbocycles. The number of aromatic nitrogens is 1. The molecule has 1 aliphatic heterocycles. The van der Waals surface area contributed by atoms with Crippen LogP contribution in [-0.4, -0.2) is 48.8 Å². The molecular weight excluding hydrogens is 490 g/mol. The first kappa shape index (κ1) is 25.9. The number of amides is 2. The number of methoxy groups -OCH3 is 2. The van der Waals surface area contributed by atoms with Gasteiger partial charge in [0.05, 0.1) is 14.2 Å². The molecule has 0 radical (unpaired) electrons. The number of urea groups is 1. The lowest BCUT2D eigenvalue weighted by atomic mass is 9.65. The molecule has 3 atom stereocenters. The van der Waals surface area contributed by atoms with Crippen molar-refractivity contribution in [3.63, 3.8) is 0 Å². The monoisotopic (exact) mass is 522 g/mol. The minimum Gasteiger partial charge on any atom is -0.493 e. The molecule has 0 bridgehead atoms. The Morgan fingerprint density at radius 1 is 1.03 bits per heavy atom. The third-order valence-corrected chi connectivity index (χ3v) is 7.98. The predicted molar refractivity (Wildman–Crippen MR) is 140 cm³/mol. The molecule has 1 aliphatic carbocycles. The van der Waals surface area contributed by atoms with Crippen LogP contribution in [0.15, 0.2) is 60.9 Å². The summed E-state index contributed by atoms with van der Waals surface area (Å²) in [5, 5.41) is 5.69. The fraction of sp³-hybridized carbons (Fsp3) is 0.379. The summed E-state index contributed by atoms with van der Waals surface area (Å²) in [7, 11) is 3.28. The molecule has 1 aromatic heterocycles. The van der Waals surface area contributed by atoms with Gasteiger partial charge in [0.1, 0.15) is 0 Å². The van der Waals surface area contributed by atoms with Gasteiger partial charge in [-0.05, 0) is 79.8 Å². The Labute approximate surface area is 221 Å². The highest BCUT2D eigenvalue weighted by Gasteiger charge is 2.51. The molecule has 2 N–H and O–H groups in total. The number of carbonyl (C=O) groups excluding carboxylic acids is 1. The van der Waals surface area contributed by atoms with Crippen molar-refractivity contribution in [1.82, 2.24) is 15.2 Å². The number of carbonyl (C=O) groups is 1. The third-order valence-electron chi connectivity index (χ3n) is 7.98. The molecular formula is C29H32F2N4O3. The number of nitrogens with zero attached hydrogens (tertiary/aromatic N) is 2. The zero-order valence-corrected chi connectivity index (χ0v) is 21.5. The lowest BCUT2D eigenvalue weighted by molar-refractivity contribution is 0.131. The Kier molecular flexibility index (Phi) is 7.46. The van der Waals surface area contributed by atoms with Crippen molar-refractivity contribution in [2.24, 2.45) is 0 Å². The van der Waals surface area contributed by atoms with E-state index in [9.17, 15) is 13.6 Å². The molecule has 2 fully saturated rings. The average Bonchev–Trinajstić information content (AvgIpc) is 3.29. The van der Waals surface area contributed by atoms with Crippen molar-refractivity contribution in [1.29, 1.82) is 0 Å². The number of rotatable bonds is 7. The highest BCUT2D eigenvalue weighted by atomic mass is 19.2. The van der Waals surface area contributed by atoms with Crippen molar-refractivity contribution in [2.75, 3.05) is 26.1 Å². The van der Waals surface area contributed by atoms with Crippen LogP contribution in [0.4, 0.5) is 19.3 Å². The summed E-state index contributed by atoms with van der Waals surface area (Å²) in [5.41, 5.74) is 2.51. The van der Waals surface area contributed by atoms with Crippen LogP contribution in [0.1, 0.15) is 36.8 Å². The Morgan fingerprint density at radius 2 is 1.82 bits per heavy atom. The van der Waals surface area contributed by atoms with E-state index in [4.69, 9.17) is 9.47 Å². The first-order chi connectivity index (χ1) is 18.4. The van der Waals surface area contributed by atoms with Crippen molar-refractivity contribution in [2.45, 2.75) is 49.7 Å². The van der Waals surface area contributed by atoms with Crippen LogP contribution in [0.5, 0.6) is 11.5 Å². The number of fused-ring (bicyclic) bond motifs is 1. The molecule has 200 valence electrons. The topological polar surface area (TPSA) is 75.7 Å². The van der Waals surface area contributed by atoms with Crippen LogP contribution in [0.3, 0.4) is 0 Å². The van der Waals surface area contributed by atoms with Crippen LogP contribution in [0.25, 0.3) is 0 Å². The first-order valence-electron chi connectivity index (χ1n) is 12.8. The van der Waals surface area contributed by atoms with Crippen LogP contribution >= 0.6 is 0 Å². The third kappa shape index (κ3) is 5.15. The van der Waals surface area contributed by atoms with Gasteiger partial charge in [-0.15, -0.1) is 0 Å². The van der Waals surface area contributed by atoms with Gasteiger partial charge in [0.2, 0.25) is 0 Å². The molecule has 7 nitrogen and oxygen atoms in total. The van der Waals surface area contributed by atoms with Gasteiger partial charge in [-0.3, -0.25) is 9.88 Å². The first-order valence-corrected chi connectivity index (χ1v) is 12.8. The van der Waals surface area contributed by atoms with Crippen LogP contribution in [-0.2, 0) is 12.0 Å². The maximum atomic E-state index is 13.6. The van der Waals surface area contributed by atoms with Gasteiger partial charge in [-0.1, -0.05) is 6.07 Å². The molecule has 9 heteroatoms. The van der Waals surface area contributed by atoms with Gasteiger partial charge in [-0.2, -0.15) is 0 Å². The number of anilines is 1. The number of hydrogen-bond acceptors (Lipinski definition) is 5. The lowest BCUT2D eigenvalue weighted by Crippen LogP contribution is -2.52. The minimum absolute atomic E-state index is 0.0726. The predicted octanol–water partition coefficient (Wildman–Crippen LogP) is 5.26. The van der Waals surface area contributed by atoms with Crippen LogP contribution in [0.2, 0.25) is 0 Å². The lowest BCUT2D eigenvalue weighted by Gasteiger charge is -2.45. The van der Waals surface area contributed by atoms with Gasteiger partial charge in [-0.25, -0.2) is 13.6 Å². The molecule has 5 rings (SSSR count). The van der Waals surface area contributed by atoms with Crippen LogP contribution in [0, 0.1) is 11.6 Å². The van der Waals surface area contributed by atoms with Gasteiger partial charge in [0.15, 0.2) is 23.1 Å². The Bertz CT molecular complexity index is 1290. The quantitative estimate of drug-likeness (QED) is 0.443. The molecule has 2 heterocycles. The highest BCUT2D eigenvalue weighted by molar-refractivity contribution is 5.89. The number of hydrogen-bond donors (Lipinski definition) is 2. The Morgan fingerprint density at radius 3 is 2.55 bits per heavy atom. The van der Waals surface area contributed by atoms with E-state index < -0.39 is 17.7 Å². The molecule has 1 saturated heterocycles. The van der Waals surface area contributed by atoms with E-state index in [2.05, 4.69) is 32.7 Å². The van der Waals surface area contributed by atoms with Crippen molar-refractivity contribution in [3.8, 4) is 11.5 Å². The summed E-state index contributed by atoms with van der Waals surface area (Å²) in [6.45, 7) is 1.71. The van der Waals surface area contributed by atoms with E-state index in [0.717, 1.165) is 50.9 Å². The molecule has 38 heavy (non-hydrogen) atoms. The SMILES string of the molecule is COc1ccc([C@@]23CC[C@@H](NC(=O)Nc4ccc(F)c(F)c4)C[C@@H]2N(Cc2ccncc2)CC3)cc1OC. The standard InChI is InChI=1S/C29H32F2N4O3/c1-37-25-6-3-20(15-26(25)38-2)29-10-7-22(34-28(36)33-21-4-5-23(30)24(31)16-21)17-27(29)35(14-11-29)18-19-8-12-32-13-9-19/h3-6,8-9,12-13,15-16,22,27H,7,10-11,14,17-18H2,1-2H3,(H2,33,34,36)/t22-,27+,29+/m1/s1. The summed E-state index contributed by atoms with van der Waals surface area (Å²) in [6.07, 6.45) is 7.04. The van der Waals surface area contributed by atoms with Gasteiger partial charge in [0.25, 0.3) is 0 Å². The van der Waals surface area contributed by atoms with E-state index in [1.165, 1.54) is 17.2 Å². The average molecular weight is 523 g/mol. The molecule has 2 aliphatic rings. The summed E-state index contributed by atoms with van der Waals surface area (Å²) in [4.78, 5) is 19.4. The zero-order chi connectivity index (χ0) is 26.7. The summed E-state index contributed by atoms with van der Waals surface area (Å²) >= 11 is 0. The van der Waals surface area contributed by atoms with Gasteiger partial charge >= 0.3 is 6.03 Å². The maximum absolute atomic E-state index is 13.6. The van der Waals surface area contributed by atoms with Gasteiger partial charge < -0.3 is 20.1 Å². The normalized spacial score (nSPS) is 22.9. The molecule has 1 saturated carbocycles. The second kappa shape index (κ2) is 10.9. The number of likely N-dealkylation sites (tertiary alicyclic amines) is 1. The fourth-order valence-electron chi connectivity index (χ4n) is 6.10. The number of ether oxygens (including phenoxy) is 2. The van der Waals surface area contributed by atoms with E-state index >= 15 is 0 Å². The van der Waals surface area contributed by atoms with Crippen molar-refractivity contribution < 1.29 is 23.0 Å². The van der Waals surface area contributed by atoms with Gasteiger partial charge in [0, 0.05) is 48.2 Å². The molecule has 0 unspecified atom stereocenters. The highest BCUT2D eigenvalue weighted by Crippen LogP contribution is 2.50. The van der Waals surface area contributed by atoms with Crippen molar-refractivity contribution >= 4 is 11.7 Å². The Hall–Kier alpha value is -3.72. The second-order valence-corrected chi connectivity index (χ2v) is 10.0. The number of benzene rings is 2. The number of pyridine rings is 1. The zero-order valence-electron chi connectivity index (χ0n) is 21.5. The van der Waals surface area contributed by atoms with E-state index in [1.54, 1.807) is 26.6 Å². The maximum Gasteiger partial charge on any atom is 0.319 e. The molecule has 2 amide bonds. The Balaban J connectivity index is 1.37. The molecule has 0 spiro atoms. The summed E-state index contributed by atoms with van der Waals surface area (Å²) in [5.74, 6) is -0.555. The second-order valence-electron chi connectivity index (χ2n) is 10.0. The van der Waals surface area contributed by atoms with E-state index in [-0.39, 0.29) is 23.2 Å². The van der Waals surface area contributed by atoms with Crippen LogP contribution < -0.4 is 20.1 Å². The fourth-order valence-corrected chi connectivity index (χ4v) is 6.10. The minimum atomic E-state index is -1.00. The number of nitrogens with one attached hydrogen (secondary N) is 2. The largest absolute Gasteiger partial charge is 0.493 e. The van der Waals surface area contributed by atoms with Crippen molar-refractivity contribution in [3.05, 3.63) is 83.7 Å². The van der Waals surface area contributed by atoms with E-state index in [0.29, 0.717) is 11.5 Å². The number of halogens is 2.